The van der Waals surface area contributed by atoms with Crippen LogP contribution in [0.4, 0.5) is 5.82 Å². The van der Waals surface area contributed by atoms with Crippen LogP contribution in [0.1, 0.15) is 24.7 Å². The number of thiol groups is 1. The second-order valence-electron chi connectivity index (χ2n) is 5.22. The van der Waals surface area contributed by atoms with Crippen LogP contribution in [0.25, 0.3) is 0 Å². The summed E-state index contributed by atoms with van der Waals surface area (Å²) in [6, 6.07) is 0. The van der Waals surface area contributed by atoms with Gasteiger partial charge >= 0.3 is 15.6 Å². The van der Waals surface area contributed by atoms with E-state index in [9.17, 15) is 18.8 Å². The molecule has 0 aliphatic heterocycles. The Kier molecular flexibility index (Phi) is 8.58. The molecule has 0 aliphatic carbocycles. The second-order valence-corrected chi connectivity index (χ2v) is 8.59. The maximum absolute atomic E-state index is 11.4. The van der Waals surface area contributed by atoms with Gasteiger partial charge in [0.15, 0.2) is 0 Å². The molecule has 0 aliphatic rings. The monoisotopic (exact) mass is 442 g/mol. The molecule has 5 N–H and O–H groups in total. The average Bonchev–Trinajstić information content (AvgIpc) is 2.51. The first-order valence-electron chi connectivity index (χ1n) is 7.27. The Labute approximate surface area is 160 Å². The van der Waals surface area contributed by atoms with Crippen molar-refractivity contribution in [3.63, 3.8) is 0 Å². The highest BCUT2D eigenvalue weighted by atomic mass is 32.1. The number of anilines is 1. The lowest BCUT2D eigenvalue weighted by atomic mass is 10.2. The van der Waals surface area contributed by atoms with Gasteiger partial charge in [0.05, 0.1) is 13.2 Å². The van der Waals surface area contributed by atoms with Crippen LogP contribution in [0.3, 0.4) is 0 Å². The van der Waals surface area contributed by atoms with Gasteiger partial charge in [-0.3, -0.25) is 9.32 Å². The second kappa shape index (κ2) is 9.76. The van der Waals surface area contributed by atoms with Crippen LogP contribution in [0.2, 0.25) is 0 Å². The van der Waals surface area contributed by atoms with Crippen LogP contribution in [0, 0.1) is 6.92 Å². The number of nitrogens with two attached hydrogens (primary N) is 1. The zero-order chi connectivity index (χ0) is 20.8. The Balaban J connectivity index is 2.76. The summed E-state index contributed by atoms with van der Waals surface area (Å²) in [6.07, 6.45) is 2.00. The van der Waals surface area contributed by atoms with Crippen molar-refractivity contribution >= 4 is 40.5 Å². The van der Waals surface area contributed by atoms with Crippen molar-refractivity contribution in [3.05, 3.63) is 28.2 Å². The summed E-state index contributed by atoms with van der Waals surface area (Å²) in [5.41, 5.74) is 6.71. The van der Waals surface area contributed by atoms with Crippen molar-refractivity contribution < 1.29 is 37.4 Å². The Hall–Kier alpha value is -1.30. The van der Waals surface area contributed by atoms with Crippen molar-refractivity contribution in [2.24, 2.45) is 0 Å². The summed E-state index contributed by atoms with van der Waals surface area (Å²) in [5, 5.41) is 0. The molecule has 1 unspecified atom stereocenters. The van der Waals surface area contributed by atoms with Crippen molar-refractivity contribution in [2.45, 2.75) is 26.8 Å². The predicted molar refractivity (Wildman–Crippen MR) is 98.0 cm³/mol. The maximum atomic E-state index is 11.4. The van der Waals surface area contributed by atoms with Crippen LogP contribution in [0.5, 0.6) is 0 Å². The molecule has 1 heterocycles. The summed E-state index contributed by atoms with van der Waals surface area (Å²) in [7, 11) is -10.1. The standard InChI is InChI=1S/C12H20N4O8P2S/c1-8(11(27)3-4-23-26(21,22)24-25(18,19)20)16(7-17)6-10-5-14-9(2)15-12(10)13/h5,7,27H,3-4,6H2,1-2H3,(H,21,22)(H2,13,14,15)(H2,18,19,20)/b11-8-. The van der Waals surface area contributed by atoms with Gasteiger partial charge in [0.1, 0.15) is 11.6 Å². The van der Waals surface area contributed by atoms with Crippen LogP contribution in [0.15, 0.2) is 16.8 Å². The molecule has 0 aromatic carbocycles. The molecule has 15 heteroatoms. The molecule has 1 rings (SSSR count). The molecule has 0 fully saturated rings. The minimum absolute atomic E-state index is 0.0335. The predicted octanol–water partition coefficient (Wildman–Crippen LogP) is 1.10. The molecule has 0 spiro atoms. The molecule has 0 bridgehead atoms. The Bertz CT molecular complexity index is 815. The highest BCUT2D eigenvalue weighted by Gasteiger charge is 2.32. The van der Waals surface area contributed by atoms with E-state index >= 15 is 0 Å². The van der Waals surface area contributed by atoms with Gasteiger partial charge < -0.3 is 25.3 Å². The van der Waals surface area contributed by atoms with E-state index in [1.807, 2.05) is 0 Å². The molecular formula is C12H20N4O8P2S. The van der Waals surface area contributed by atoms with Crippen molar-refractivity contribution in [1.82, 2.24) is 14.9 Å². The van der Waals surface area contributed by atoms with E-state index in [1.54, 1.807) is 13.8 Å². The normalized spacial score (nSPS) is 15.0. The fourth-order valence-electron chi connectivity index (χ4n) is 1.82. The van der Waals surface area contributed by atoms with Gasteiger partial charge in [-0.05, 0) is 13.8 Å². The number of phosphoric acid groups is 2. The van der Waals surface area contributed by atoms with Crippen molar-refractivity contribution in [2.75, 3.05) is 12.3 Å². The van der Waals surface area contributed by atoms with Gasteiger partial charge in [0, 0.05) is 28.8 Å². The number of aromatic nitrogens is 2. The lowest BCUT2D eigenvalue weighted by Crippen LogP contribution is -2.21. The van der Waals surface area contributed by atoms with E-state index < -0.39 is 22.3 Å². The molecule has 1 amide bonds. The summed E-state index contributed by atoms with van der Waals surface area (Å²) in [6.45, 7) is 2.88. The van der Waals surface area contributed by atoms with Crippen LogP contribution in [-0.2, 0) is 29.3 Å². The summed E-state index contributed by atoms with van der Waals surface area (Å²) in [4.78, 5) is 47.2. The maximum Gasteiger partial charge on any atom is 0.481 e. The first-order chi connectivity index (χ1) is 12.3. The highest BCUT2D eigenvalue weighted by molar-refractivity contribution is 7.84. The van der Waals surface area contributed by atoms with Gasteiger partial charge in [-0.1, -0.05) is 0 Å². The summed E-state index contributed by atoms with van der Waals surface area (Å²) < 4.78 is 30.0. The molecule has 12 nitrogen and oxygen atoms in total. The quantitative estimate of drug-likeness (QED) is 0.198. The molecular weight excluding hydrogens is 422 g/mol. The zero-order valence-electron chi connectivity index (χ0n) is 14.4. The number of carbonyl (C=O) groups excluding carboxylic acids is 1. The Morgan fingerprint density at radius 3 is 2.56 bits per heavy atom. The largest absolute Gasteiger partial charge is 0.481 e. The number of amides is 1. The SMILES string of the molecule is C/C(=C(/S)CCOP(=O)(O)OP(=O)(O)O)N(C=O)Cc1cnc(C)nc1N. The fourth-order valence-corrected chi connectivity index (χ4v) is 3.62. The lowest BCUT2D eigenvalue weighted by molar-refractivity contribution is -0.116. The Morgan fingerprint density at radius 1 is 1.41 bits per heavy atom. The fraction of sp³-hybridized carbons (Fsp3) is 0.417. The van der Waals surface area contributed by atoms with Gasteiger partial charge in [-0.2, -0.15) is 4.31 Å². The minimum atomic E-state index is -5.19. The van der Waals surface area contributed by atoms with E-state index in [0.29, 0.717) is 28.4 Å². The Morgan fingerprint density at radius 2 is 2.04 bits per heavy atom. The van der Waals surface area contributed by atoms with E-state index in [2.05, 4.69) is 31.4 Å². The van der Waals surface area contributed by atoms with E-state index in [0.717, 1.165) is 0 Å². The molecule has 1 atom stereocenters. The number of rotatable bonds is 10. The molecule has 1 aromatic heterocycles. The van der Waals surface area contributed by atoms with Gasteiger partial charge in [-0.15, -0.1) is 12.6 Å². The third-order valence-corrected chi connectivity index (χ3v) is 5.87. The number of aryl methyl sites for hydroxylation is 1. The third kappa shape index (κ3) is 8.50. The van der Waals surface area contributed by atoms with Gasteiger partial charge in [0.25, 0.3) is 0 Å². The molecule has 0 saturated carbocycles. The first-order valence-corrected chi connectivity index (χ1v) is 10.7. The van der Waals surface area contributed by atoms with Gasteiger partial charge in [-0.25, -0.2) is 19.1 Å². The molecule has 0 saturated heterocycles. The van der Waals surface area contributed by atoms with Gasteiger partial charge in [0.2, 0.25) is 6.41 Å². The smallest absolute Gasteiger partial charge is 0.383 e. The zero-order valence-corrected chi connectivity index (χ0v) is 17.1. The average molecular weight is 442 g/mol. The van der Waals surface area contributed by atoms with E-state index in [4.69, 9.17) is 15.5 Å². The number of nitrogens with zero attached hydrogens (tertiary/aromatic N) is 3. The van der Waals surface area contributed by atoms with Crippen molar-refractivity contribution in [1.29, 1.82) is 0 Å². The van der Waals surface area contributed by atoms with Crippen LogP contribution >= 0.6 is 28.3 Å². The summed E-state index contributed by atoms with van der Waals surface area (Å²) >= 11 is 4.21. The number of allylic oxidation sites excluding steroid dienone is 1. The van der Waals surface area contributed by atoms with E-state index in [-0.39, 0.29) is 18.8 Å². The van der Waals surface area contributed by atoms with E-state index in [1.165, 1.54) is 11.1 Å². The number of hydrogen-bond acceptors (Lipinski definition) is 9. The third-order valence-electron chi connectivity index (χ3n) is 3.14. The van der Waals surface area contributed by atoms with Crippen molar-refractivity contribution in [3.8, 4) is 0 Å². The number of nitrogen functional groups attached to an aromatic ring is 1. The van der Waals surface area contributed by atoms with Crippen LogP contribution in [-0.4, -0.2) is 42.6 Å². The number of hydrogen-bond donors (Lipinski definition) is 5. The highest BCUT2D eigenvalue weighted by Crippen LogP contribution is 2.57. The first kappa shape index (κ1) is 23.7. The number of carbonyl (C=O) groups is 1. The lowest BCUT2D eigenvalue weighted by Gasteiger charge is -2.21. The number of phosphoric ester groups is 1. The minimum Gasteiger partial charge on any atom is -0.383 e. The molecule has 1 aromatic rings. The summed E-state index contributed by atoms with van der Waals surface area (Å²) in [5.74, 6) is 0.709. The van der Waals surface area contributed by atoms with Crippen LogP contribution < -0.4 is 5.73 Å². The topological polar surface area (TPSA) is 185 Å². The molecule has 152 valence electrons. The molecule has 0 radical (unpaired) electrons. The molecule has 27 heavy (non-hydrogen) atoms.